The van der Waals surface area contributed by atoms with Crippen LogP contribution in [0.15, 0.2) is 36.4 Å². The van der Waals surface area contributed by atoms with E-state index < -0.39 is 16.1 Å². The molecule has 1 amide bonds. The predicted octanol–water partition coefficient (Wildman–Crippen LogP) is 4.10. The van der Waals surface area contributed by atoms with Gasteiger partial charge in [-0.15, -0.1) is 0 Å². The first-order chi connectivity index (χ1) is 23.4. The molecule has 4 fully saturated rings. The second kappa shape index (κ2) is 14.4. The molecule has 0 bridgehead atoms. The number of ether oxygens (including phenoxy) is 2. The Morgan fingerprint density at radius 2 is 1.62 bits per heavy atom. The fourth-order valence-electron chi connectivity index (χ4n) is 8.14. The van der Waals surface area contributed by atoms with Crippen molar-refractivity contribution in [3.8, 4) is 5.69 Å². The van der Waals surface area contributed by atoms with E-state index >= 15 is 0 Å². The number of aromatic nitrogens is 3. The molecule has 0 unspecified atom stereocenters. The quantitative estimate of drug-likeness (QED) is 0.319. The van der Waals surface area contributed by atoms with Gasteiger partial charge in [-0.3, -0.25) is 9.69 Å². The molecule has 0 spiro atoms. The highest BCUT2D eigenvalue weighted by molar-refractivity contribution is 7.87. The Kier molecular flexibility index (Phi) is 10.0. The van der Waals surface area contributed by atoms with Gasteiger partial charge in [-0.05, 0) is 82.0 Å². The van der Waals surface area contributed by atoms with E-state index in [1.807, 2.05) is 35.0 Å². The number of carbonyl (C=O) groups is 1. The topological polar surface area (TPSA) is 122 Å². The Hall–Kier alpha value is -3.10. The number of fused-ring (bicyclic) bond motifs is 1. The Bertz CT molecular complexity index is 1680. The number of hydrogen-bond donors (Lipinski definition) is 1. The van der Waals surface area contributed by atoms with E-state index in [2.05, 4.69) is 14.5 Å². The number of piperidine rings is 2. The Balaban J connectivity index is 1.18. The van der Waals surface area contributed by atoms with E-state index in [1.54, 1.807) is 20.3 Å². The molecule has 3 aromatic rings. The van der Waals surface area contributed by atoms with Crippen LogP contribution in [-0.4, -0.2) is 111 Å². The molecule has 1 N–H and O–H groups in total. The van der Waals surface area contributed by atoms with Crippen molar-refractivity contribution in [2.45, 2.75) is 75.8 Å². The van der Waals surface area contributed by atoms with Crippen LogP contribution < -0.4 is 9.62 Å². The molecule has 13 heteroatoms. The normalized spacial score (nSPS) is 22.4. The Morgan fingerprint density at radius 3 is 2.29 bits per heavy atom. The summed E-state index contributed by atoms with van der Waals surface area (Å²) in [7, 11) is -0.592. The number of hydrogen-bond acceptors (Lipinski definition) is 9. The summed E-state index contributed by atoms with van der Waals surface area (Å²) in [5.41, 5.74) is 3.42. The minimum absolute atomic E-state index is 0.0756. The van der Waals surface area contributed by atoms with Gasteiger partial charge in [0.15, 0.2) is 5.65 Å². The molecule has 7 rings (SSSR count). The summed E-state index contributed by atoms with van der Waals surface area (Å²) in [5, 5.41) is 6.09. The van der Waals surface area contributed by atoms with Gasteiger partial charge in [0.2, 0.25) is 0 Å². The zero-order valence-corrected chi connectivity index (χ0v) is 29.0. The van der Waals surface area contributed by atoms with Crippen LogP contribution in [0.25, 0.3) is 16.7 Å². The number of carbonyl (C=O) groups excluding carboxylic acids is 1. The highest BCUT2D eigenvalue weighted by Gasteiger charge is 2.37. The van der Waals surface area contributed by atoms with Gasteiger partial charge in [0.25, 0.3) is 5.91 Å². The van der Waals surface area contributed by atoms with Crippen molar-refractivity contribution in [3.05, 3.63) is 47.8 Å². The van der Waals surface area contributed by atoms with Crippen LogP contribution in [0, 0.1) is 5.92 Å². The molecule has 12 nitrogen and oxygen atoms in total. The first-order valence-corrected chi connectivity index (χ1v) is 19.1. The summed E-state index contributed by atoms with van der Waals surface area (Å²) in [5.74, 6) is 0.0905. The van der Waals surface area contributed by atoms with Crippen molar-refractivity contribution in [1.82, 2.24) is 28.7 Å². The molecular formula is C35H49N7O5S. The van der Waals surface area contributed by atoms with Crippen molar-refractivity contribution in [2.75, 3.05) is 65.1 Å². The number of nitrogens with zero attached hydrogens (tertiary/aromatic N) is 6. The van der Waals surface area contributed by atoms with Gasteiger partial charge in [0, 0.05) is 65.0 Å². The Morgan fingerprint density at radius 1 is 0.896 bits per heavy atom. The minimum Gasteiger partial charge on any atom is -0.384 e. The summed E-state index contributed by atoms with van der Waals surface area (Å²) >= 11 is 0. The average molecular weight is 680 g/mol. The summed E-state index contributed by atoms with van der Waals surface area (Å²) in [6.07, 6.45) is 8.94. The lowest BCUT2D eigenvalue weighted by atomic mass is 9.82. The number of nitrogens with one attached hydrogen (secondary N) is 1. The second-order valence-corrected chi connectivity index (χ2v) is 15.6. The van der Waals surface area contributed by atoms with Crippen LogP contribution in [0.4, 0.5) is 5.69 Å². The van der Waals surface area contributed by atoms with E-state index in [4.69, 9.17) is 19.6 Å². The van der Waals surface area contributed by atoms with Crippen LogP contribution in [0.1, 0.15) is 79.9 Å². The third kappa shape index (κ3) is 6.72. The summed E-state index contributed by atoms with van der Waals surface area (Å²) in [4.78, 5) is 23.6. The maximum absolute atomic E-state index is 13.9. The standard InChI is InChI=1S/C35H49N7O5S/c1-46-23-25-13-18-39(19-14-25)31-22-30(36-34-32(31)33(26-8-6-9-26)37-42(34)28-10-4-3-5-11-28)35(43)38-48(44,45)40-20-15-27(16-21-40)41-17-7-12-29(41)24-47-2/h3-5,10-11,22,25-27,29H,6-9,12-21,23-24H2,1-2H3,(H,38,43)/t29-/m0/s1. The number of pyridine rings is 1. The van der Waals surface area contributed by atoms with Crippen molar-refractivity contribution < 1.29 is 22.7 Å². The molecule has 0 radical (unpaired) electrons. The van der Waals surface area contributed by atoms with Gasteiger partial charge in [0.1, 0.15) is 5.69 Å². The molecule has 3 saturated heterocycles. The zero-order valence-electron chi connectivity index (χ0n) is 28.2. The van der Waals surface area contributed by atoms with Crippen molar-refractivity contribution >= 4 is 32.8 Å². The van der Waals surface area contributed by atoms with Crippen molar-refractivity contribution in [2.24, 2.45) is 5.92 Å². The summed E-state index contributed by atoms with van der Waals surface area (Å²) in [6, 6.07) is 12.3. The number of anilines is 1. The van der Waals surface area contributed by atoms with Crippen LogP contribution in [0.5, 0.6) is 0 Å². The number of benzene rings is 1. The van der Waals surface area contributed by atoms with Gasteiger partial charge in [-0.2, -0.15) is 17.8 Å². The van der Waals surface area contributed by atoms with Crippen molar-refractivity contribution in [1.29, 1.82) is 0 Å². The number of likely N-dealkylation sites (tertiary alicyclic amines) is 1. The van der Waals surface area contributed by atoms with Crippen LogP contribution >= 0.6 is 0 Å². The number of amides is 1. The van der Waals surface area contributed by atoms with Gasteiger partial charge in [0.05, 0.1) is 29.1 Å². The lowest BCUT2D eigenvalue weighted by Crippen LogP contribution is -2.52. The predicted molar refractivity (Wildman–Crippen MR) is 185 cm³/mol. The monoisotopic (exact) mass is 679 g/mol. The smallest absolute Gasteiger partial charge is 0.304 e. The fraction of sp³-hybridized carbons (Fsp3) is 0.629. The molecule has 1 aromatic carbocycles. The third-order valence-electron chi connectivity index (χ3n) is 11.0. The highest BCUT2D eigenvalue weighted by Crippen LogP contribution is 2.43. The highest BCUT2D eigenvalue weighted by atomic mass is 32.2. The molecule has 3 aliphatic heterocycles. The van der Waals surface area contributed by atoms with E-state index in [-0.39, 0.29) is 5.69 Å². The molecule has 4 aliphatic rings. The molecule has 1 atom stereocenters. The first kappa shape index (κ1) is 33.4. The molecule has 5 heterocycles. The van der Waals surface area contributed by atoms with E-state index in [9.17, 15) is 13.2 Å². The molecule has 48 heavy (non-hydrogen) atoms. The second-order valence-electron chi connectivity index (χ2n) is 13.9. The van der Waals surface area contributed by atoms with Gasteiger partial charge >= 0.3 is 10.2 Å². The molecule has 1 saturated carbocycles. The number of methoxy groups -OCH3 is 2. The van der Waals surface area contributed by atoms with E-state index in [1.165, 1.54) is 4.31 Å². The lowest BCUT2D eigenvalue weighted by molar-refractivity contribution is 0.0694. The number of para-hydroxylation sites is 1. The SMILES string of the molecule is COCC1CCN(c2cc(C(=O)NS(=O)(=O)N3CCC(N4CCC[C@H]4COC)CC3)nc3c2c(C2CCC2)nn3-c2ccccc2)CC1. The molecule has 260 valence electrons. The average Bonchev–Trinajstić information content (AvgIpc) is 3.70. The minimum atomic E-state index is -4.07. The largest absolute Gasteiger partial charge is 0.384 e. The number of rotatable bonds is 11. The summed E-state index contributed by atoms with van der Waals surface area (Å²) in [6.45, 7) is 4.80. The maximum Gasteiger partial charge on any atom is 0.304 e. The van der Waals surface area contributed by atoms with Crippen molar-refractivity contribution in [3.63, 3.8) is 0 Å². The maximum atomic E-state index is 13.9. The zero-order chi connectivity index (χ0) is 33.3. The van der Waals surface area contributed by atoms with Crippen LogP contribution in [0.2, 0.25) is 0 Å². The lowest BCUT2D eigenvalue weighted by Gasteiger charge is -2.38. The van der Waals surface area contributed by atoms with Gasteiger partial charge < -0.3 is 14.4 Å². The first-order valence-electron chi connectivity index (χ1n) is 17.7. The summed E-state index contributed by atoms with van der Waals surface area (Å²) < 4.78 is 43.8. The van der Waals surface area contributed by atoms with Crippen LogP contribution in [-0.2, 0) is 19.7 Å². The van der Waals surface area contributed by atoms with E-state index in [0.29, 0.717) is 49.3 Å². The van der Waals surface area contributed by atoms with Gasteiger partial charge in [-0.25, -0.2) is 14.4 Å². The van der Waals surface area contributed by atoms with E-state index in [0.717, 1.165) is 106 Å². The Labute approximate surface area is 283 Å². The molecule has 2 aromatic heterocycles. The molecule has 1 aliphatic carbocycles. The third-order valence-corrected chi connectivity index (χ3v) is 12.5. The van der Waals surface area contributed by atoms with Gasteiger partial charge in [-0.1, -0.05) is 24.6 Å². The van der Waals surface area contributed by atoms with Crippen LogP contribution in [0.3, 0.4) is 0 Å². The fourth-order valence-corrected chi connectivity index (χ4v) is 9.30. The molecular weight excluding hydrogens is 630 g/mol.